The fraction of sp³-hybridized carbons (Fsp3) is 0.923. The summed E-state index contributed by atoms with van der Waals surface area (Å²) in [4.78, 5) is 10.9. The van der Waals surface area contributed by atoms with Gasteiger partial charge >= 0.3 is 6.09 Å². The van der Waals surface area contributed by atoms with Crippen molar-refractivity contribution in [2.45, 2.75) is 61.4 Å². The Kier molecular flexibility index (Phi) is 4.07. The average Bonchev–Trinajstić information content (AvgIpc) is 1.95. The van der Waals surface area contributed by atoms with Gasteiger partial charge in [0.25, 0.3) is 0 Å². The Morgan fingerprint density at radius 1 is 1.00 bits per heavy atom. The molecule has 2 N–H and O–H groups in total. The van der Waals surface area contributed by atoms with Gasteiger partial charge in [-0.1, -0.05) is 55.4 Å². The van der Waals surface area contributed by atoms with E-state index in [0.717, 1.165) is 0 Å². The molecule has 0 aliphatic heterocycles. The van der Waals surface area contributed by atoms with Gasteiger partial charge in [0.15, 0.2) is 0 Å². The molecule has 96 valence electrons. The smallest absolute Gasteiger partial charge is 0.404 e. The van der Waals surface area contributed by atoms with Crippen molar-refractivity contribution >= 4 is 6.09 Å². The summed E-state index contributed by atoms with van der Waals surface area (Å²) in [6.45, 7) is 16.9. The summed E-state index contributed by atoms with van der Waals surface area (Å²) in [6, 6.07) is -0.0856. The normalized spacial score (nSPS) is 15.8. The summed E-state index contributed by atoms with van der Waals surface area (Å²) in [6.07, 6.45) is -0.947. The molecule has 0 bridgehead atoms. The van der Waals surface area contributed by atoms with Crippen LogP contribution in [0.4, 0.5) is 4.79 Å². The van der Waals surface area contributed by atoms with Gasteiger partial charge in [0, 0.05) is 6.04 Å². The van der Waals surface area contributed by atoms with Crippen LogP contribution in [0.15, 0.2) is 0 Å². The molecule has 1 unspecified atom stereocenters. The van der Waals surface area contributed by atoms with E-state index in [1.807, 2.05) is 0 Å². The molecule has 0 rings (SSSR count). The number of carboxylic acid groups (broad SMARTS) is 1. The molecule has 1 amide bonds. The number of carbonyl (C=O) groups is 1. The summed E-state index contributed by atoms with van der Waals surface area (Å²) in [7, 11) is 0. The van der Waals surface area contributed by atoms with Gasteiger partial charge in [-0.2, -0.15) is 0 Å². The van der Waals surface area contributed by atoms with E-state index in [9.17, 15) is 4.79 Å². The van der Waals surface area contributed by atoms with Crippen LogP contribution in [0.3, 0.4) is 0 Å². The minimum absolute atomic E-state index is 0.0351. The first kappa shape index (κ1) is 15.3. The molecule has 3 heteroatoms. The molecule has 16 heavy (non-hydrogen) atoms. The number of hydrogen-bond acceptors (Lipinski definition) is 1. The standard InChI is InChI=1S/C13H27NO2/c1-11(2,3)9(14-10(15)16)13(7,8)12(4,5)6/h9,14H,1-8H3,(H,15,16). The Bertz CT molecular complexity index is 256. The van der Waals surface area contributed by atoms with Gasteiger partial charge < -0.3 is 10.4 Å². The van der Waals surface area contributed by atoms with E-state index >= 15 is 0 Å². The maximum atomic E-state index is 10.9. The van der Waals surface area contributed by atoms with Crippen LogP contribution in [0, 0.1) is 16.2 Å². The van der Waals surface area contributed by atoms with Gasteiger partial charge in [-0.15, -0.1) is 0 Å². The molecule has 0 radical (unpaired) electrons. The Hall–Kier alpha value is -0.730. The van der Waals surface area contributed by atoms with Gasteiger partial charge in [-0.05, 0) is 16.2 Å². The van der Waals surface area contributed by atoms with Gasteiger partial charge in [0.05, 0.1) is 0 Å². The van der Waals surface area contributed by atoms with Crippen molar-refractivity contribution in [1.29, 1.82) is 0 Å². The van der Waals surface area contributed by atoms with Gasteiger partial charge in [-0.3, -0.25) is 0 Å². The van der Waals surface area contributed by atoms with Crippen LogP contribution in [0.5, 0.6) is 0 Å². The largest absolute Gasteiger partial charge is 0.465 e. The number of amides is 1. The zero-order valence-electron chi connectivity index (χ0n) is 11.9. The van der Waals surface area contributed by atoms with E-state index < -0.39 is 6.09 Å². The van der Waals surface area contributed by atoms with Crippen molar-refractivity contribution in [3.63, 3.8) is 0 Å². The quantitative estimate of drug-likeness (QED) is 0.757. The maximum Gasteiger partial charge on any atom is 0.404 e. The first-order valence-electron chi connectivity index (χ1n) is 5.79. The van der Waals surface area contributed by atoms with Crippen LogP contribution < -0.4 is 5.32 Å². The monoisotopic (exact) mass is 229 g/mol. The molecule has 0 saturated heterocycles. The topological polar surface area (TPSA) is 49.3 Å². The average molecular weight is 229 g/mol. The minimum atomic E-state index is -0.947. The highest BCUT2D eigenvalue weighted by Gasteiger charge is 2.46. The molecule has 0 aromatic heterocycles. The molecular weight excluding hydrogens is 202 g/mol. The molecule has 0 saturated carbocycles. The molecule has 0 aromatic rings. The molecule has 1 atom stereocenters. The first-order valence-corrected chi connectivity index (χ1v) is 5.79. The van der Waals surface area contributed by atoms with E-state index in [0.29, 0.717) is 0 Å². The second kappa shape index (κ2) is 4.27. The van der Waals surface area contributed by atoms with Crippen molar-refractivity contribution in [2.75, 3.05) is 0 Å². The molecule has 3 nitrogen and oxygen atoms in total. The summed E-state index contributed by atoms with van der Waals surface area (Å²) in [5.41, 5.74) is -0.188. The highest BCUT2D eigenvalue weighted by Crippen LogP contribution is 2.46. The van der Waals surface area contributed by atoms with E-state index in [4.69, 9.17) is 5.11 Å². The van der Waals surface area contributed by atoms with Crippen LogP contribution in [0.25, 0.3) is 0 Å². The zero-order chi connectivity index (χ0) is 13.4. The minimum Gasteiger partial charge on any atom is -0.465 e. The zero-order valence-corrected chi connectivity index (χ0v) is 11.9. The Labute approximate surface area is 99.6 Å². The van der Waals surface area contributed by atoms with Gasteiger partial charge in [0.2, 0.25) is 0 Å². The maximum absolute atomic E-state index is 10.9. The molecule has 0 aliphatic rings. The summed E-state index contributed by atoms with van der Waals surface area (Å²) < 4.78 is 0. The number of rotatable bonds is 2. The van der Waals surface area contributed by atoms with Crippen LogP contribution in [-0.2, 0) is 0 Å². The molecule has 0 aromatic carbocycles. The molecule has 0 heterocycles. The van der Waals surface area contributed by atoms with Crippen molar-refractivity contribution in [2.24, 2.45) is 16.2 Å². The van der Waals surface area contributed by atoms with Crippen LogP contribution in [0.2, 0.25) is 0 Å². The fourth-order valence-corrected chi connectivity index (χ4v) is 2.04. The van der Waals surface area contributed by atoms with E-state index in [1.165, 1.54) is 0 Å². The Morgan fingerprint density at radius 3 is 1.56 bits per heavy atom. The molecule has 0 fully saturated rings. The highest BCUT2D eigenvalue weighted by atomic mass is 16.4. The predicted molar refractivity (Wildman–Crippen MR) is 67.6 cm³/mol. The van der Waals surface area contributed by atoms with Crippen molar-refractivity contribution < 1.29 is 9.90 Å². The third kappa shape index (κ3) is 3.39. The third-order valence-electron chi connectivity index (χ3n) is 3.79. The lowest BCUT2D eigenvalue weighted by Gasteiger charge is -2.50. The summed E-state index contributed by atoms with van der Waals surface area (Å²) in [5, 5.41) is 11.6. The first-order chi connectivity index (χ1) is 6.80. The third-order valence-corrected chi connectivity index (χ3v) is 3.79. The fourth-order valence-electron chi connectivity index (χ4n) is 2.04. The molecular formula is C13H27NO2. The lowest BCUT2D eigenvalue weighted by Crippen LogP contribution is -2.56. The predicted octanol–water partition coefficient (Wildman–Crippen LogP) is 3.74. The number of hydrogen-bond donors (Lipinski definition) is 2. The lowest BCUT2D eigenvalue weighted by molar-refractivity contribution is 0.0242. The Balaban J connectivity index is 5.27. The second-order valence-electron chi connectivity index (χ2n) is 7.22. The van der Waals surface area contributed by atoms with Crippen LogP contribution in [-0.4, -0.2) is 17.2 Å². The van der Waals surface area contributed by atoms with Gasteiger partial charge in [0.1, 0.15) is 0 Å². The van der Waals surface area contributed by atoms with Crippen molar-refractivity contribution in [3.8, 4) is 0 Å². The van der Waals surface area contributed by atoms with E-state index in [2.05, 4.69) is 60.7 Å². The van der Waals surface area contributed by atoms with E-state index in [-0.39, 0.29) is 22.3 Å². The SMILES string of the molecule is CC(C)(C)C(NC(=O)O)C(C)(C)C(C)(C)C. The van der Waals surface area contributed by atoms with Crippen LogP contribution in [0.1, 0.15) is 55.4 Å². The molecule has 0 aliphatic carbocycles. The van der Waals surface area contributed by atoms with Crippen molar-refractivity contribution in [1.82, 2.24) is 5.32 Å². The van der Waals surface area contributed by atoms with Gasteiger partial charge in [-0.25, -0.2) is 4.79 Å². The second-order valence-corrected chi connectivity index (χ2v) is 7.22. The Morgan fingerprint density at radius 2 is 1.38 bits per heavy atom. The summed E-state index contributed by atoms with van der Waals surface area (Å²) >= 11 is 0. The van der Waals surface area contributed by atoms with E-state index in [1.54, 1.807) is 0 Å². The lowest BCUT2D eigenvalue weighted by atomic mass is 9.59. The van der Waals surface area contributed by atoms with Crippen molar-refractivity contribution in [3.05, 3.63) is 0 Å². The highest BCUT2D eigenvalue weighted by molar-refractivity contribution is 5.65. The van der Waals surface area contributed by atoms with Crippen LogP contribution >= 0.6 is 0 Å². The number of nitrogens with one attached hydrogen (secondary N) is 1. The molecule has 0 spiro atoms. The summed E-state index contributed by atoms with van der Waals surface area (Å²) in [5.74, 6) is 0.